The van der Waals surface area contributed by atoms with Gasteiger partial charge in [0.1, 0.15) is 5.60 Å². The van der Waals surface area contributed by atoms with E-state index in [1.54, 1.807) is 25.0 Å². The first-order valence-corrected chi connectivity index (χ1v) is 15.1. The number of terminal acetylenes is 1. The number of sulfone groups is 1. The summed E-state index contributed by atoms with van der Waals surface area (Å²) in [5, 5.41) is 15.2. The van der Waals surface area contributed by atoms with Crippen molar-refractivity contribution >= 4 is 15.5 Å². The van der Waals surface area contributed by atoms with Crippen molar-refractivity contribution in [2.75, 3.05) is 0 Å². The lowest BCUT2D eigenvalue weighted by molar-refractivity contribution is -0.209. The maximum atomic E-state index is 15.2. The summed E-state index contributed by atoms with van der Waals surface area (Å²) in [7, 11) is -3.34. The minimum absolute atomic E-state index is 0.0392. The molecule has 0 aliphatic heterocycles. The van der Waals surface area contributed by atoms with Gasteiger partial charge in [0.15, 0.2) is 9.84 Å². The van der Waals surface area contributed by atoms with Gasteiger partial charge in [-0.3, -0.25) is 0 Å². The largest absolute Gasteiger partial charge is 0.382 e. The average molecular weight is 541 g/mol. The van der Waals surface area contributed by atoms with Gasteiger partial charge in [-0.1, -0.05) is 24.6 Å². The number of hydrogen-bond acceptors (Lipinski definition) is 5. The van der Waals surface area contributed by atoms with Crippen molar-refractivity contribution in [1.82, 2.24) is 0 Å². The number of alkyl halides is 2. The Kier molecular flexibility index (Phi) is 5.76. The van der Waals surface area contributed by atoms with Gasteiger partial charge in [-0.25, -0.2) is 8.42 Å². The van der Waals surface area contributed by atoms with Gasteiger partial charge < -0.3 is 10.9 Å². The van der Waals surface area contributed by atoms with Crippen LogP contribution in [0.1, 0.15) is 76.2 Å². The molecule has 202 valence electrons. The molecule has 0 heterocycles. The number of rotatable bonds is 4. The Bertz CT molecular complexity index is 1420. The lowest BCUT2D eigenvalue weighted by atomic mass is 9.50. The van der Waals surface area contributed by atoms with Crippen molar-refractivity contribution in [3.63, 3.8) is 0 Å². The normalized spacial score (nSPS) is 36.2. The second-order valence-electron chi connectivity index (χ2n) is 12.1. The molecule has 0 aromatic heterocycles. The Morgan fingerprint density at radius 3 is 2.47 bits per heavy atom. The third kappa shape index (κ3) is 3.50. The Morgan fingerprint density at radius 2 is 1.84 bits per heavy atom. The molecular weight excluding hydrogens is 506 g/mol. The minimum Gasteiger partial charge on any atom is -0.382 e. The first-order valence-electron chi connectivity index (χ1n) is 13.6. The minimum atomic E-state index is -3.65. The molecule has 3 saturated carbocycles. The molecule has 1 aromatic carbocycles. The van der Waals surface area contributed by atoms with Crippen LogP contribution in [-0.2, 0) is 9.84 Å². The smallest absolute Gasteiger partial charge is 0.336 e. The van der Waals surface area contributed by atoms with Crippen LogP contribution >= 0.6 is 0 Å². The van der Waals surface area contributed by atoms with Gasteiger partial charge in [0.2, 0.25) is 0 Å². The Labute approximate surface area is 223 Å². The molecule has 0 unspecified atom stereocenters. The molecule has 5 aliphatic carbocycles. The average Bonchev–Trinajstić information content (AvgIpc) is 3.74. The van der Waals surface area contributed by atoms with Crippen LogP contribution in [0.2, 0.25) is 0 Å². The molecule has 1 aromatic rings. The topological polar surface area (TPSA) is 92.8 Å². The van der Waals surface area contributed by atoms with Crippen LogP contribution in [0, 0.1) is 29.6 Å². The van der Waals surface area contributed by atoms with E-state index in [1.807, 2.05) is 12.1 Å². The van der Waals surface area contributed by atoms with Crippen molar-refractivity contribution in [1.29, 1.82) is 0 Å². The quantitative estimate of drug-likeness (QED) is 0.309. The lowest BCUT2D eigenvalue weighted by Gasteiger charge is -2.55. The van der Waals surface area contributed by atoms with Crippen LogP contribution in [-0.4, -0.2) is 36.0 Å². The molecule has 0 radical (unpaired) electrons. The summed E-state index contributed by atoms with van der Waals surface area (Å²) in [6.07, 6.45) is 12.6. The fraction of sp³-hybridized carbons (Fsp3) is 0.567. The van der Waals surface area contributed by atoms with Crippen LogP contribution < -0.4 is 5.84 Å². The van der Waals surface area contributed by atoms with Crippen molar-refractivity contribution in [2.45, 2.75) is 92.3 Å². The monoisotopic (exact) mass is 540 g/mol. The Hall–Kier alpha value is -2.50. The van der Waals surface area contributed by atoms with Crippen LogP contribution in [0.15, 0.2) is 57.1 Å². The predicted molar refractivity (Wildman–Crippen MR) is 142 cm³/mol. The van der Waals surface area contributed by atoms with Crippen LogP contribution in [0.4, 0.5) is 8.78 Å². The maximum Gasteiger partial charge on any atom is 0.336 e. The van der Waals surface area contributed by atoms with E-state index in [-0.39, 0.29) is 29.4 Å². The molecule has 5 nitrogen and oxygen atoms in total. The molecule has 0 spiro atoms. The van der Waals surface area contributed by atoms with E-state index in [4.69, 9.17) is 12.3 Å². The fourth-order valence-electron chi connectivity index (χ4n) is 8.17. The van der Waals surface area contributed by atoms with E-state index in [1.165, 1.54) is 16.7 Å². The molecule has 3 fully saturated rings. The van der Waals surface area contributed by atoms with Crippen molar-refractivity contribution in [2.24, 2.45) is 28.2 Å². The van der Waals surface area contributed by atoms with E-state index in [0.29, 0.717) is 30.6 Å². The number of fused-ring (bicyclic) bond motifs is 4. The van der Waals surface area contributed by atoms with Gasteiger partial charge in [-0.05, 0) is 110 Å². The molecule has 38 heavy (non-hydrogen) atoms. The molecule has 0 saturated heterocycles. The second kappa shape index (κ2) is 8.50. The molecule has 5 atom stereocenters. The predicted octanol–water partition coefficient (Wildman–Crippen LogP) is 5.27. The number of hydrazone groups is 1. The van der Waals surface area contributed by atoms with Crippen LogP contribution in [0.3, 0.4) is 0 Å². The van der Waals surface area contributed by atoms with Crippen molar-refractivity contribution in [3.05, 3.63) is 52.6 Å². The number of halogens is 2. The highest BCUT2D eigenvalue weighted by Gasteiger charge is 2.71. The second-order valence-corrected chi connectivity index (χ2v) is 14.3. The molecule has 0 amide bonds. The van der Waals surface area contributed by atoms with Gasteiger partial charge in [0, 0.05) is 11.3 Å². The van der Waals surface area contributed by atoms with Crippen molar-refractivity contribution < 1.29 is 22.3 Å². The molecule has 6 rings (SSSR count). The Balaban J connectivity index is 1.49. The molecule has 8 heteroatoms. The number of hydrogen-bond donors (Lipinski definition) is 2. The zero-order valence-corrected chi connectivity index (χ0v) is 22.4. The van der Waals surface area contributed by atoms with E-state index in [0.717, 1.165) is 37.0 Å². The van der Waals surface area contributed by atoms with Gasteiger partial charge >= 0.3 is 5.92 Å². The molecule has 0 bridgehead atoms. The zero-order valence-electron chi connectivity index (χ0n) is 21.6. The third-order valence-corrected chi connectivity index (χ3v) is 12.6. The van der Waals surface area contributed by atoms with E-state index >= 15 is 8.78 Å². The molecule has 3 N–H and O–H groups in total. The summed E-state index contributed by atoms with van der Waals surface area (Å²) >= 11 is 0. The molecule has 5 aliphatic rings. The summed E-state index contributed by atoms with van der Waals surface area (Å²) in [5.41, 5.74) is 2.08. The number of benzene rings is 1. The van der Waals surface area contributed by atoms with Gasteiger partial charge in [0.05, 0.1) is 15.9 Å². The third-order valence-electron chi connectivity index (χ3n) is 10.3. The van der Waals surface area contributed by atoms with Crippen molar-refractivity contribution in [3.8, 4) is 12.3 Å². The first kappa shape index (κ1) is 25.8. The summed E-state index contributed by atoms with van der Waals surface area (Å²) < 4.78 is 56.1. The highest BCUT2D eigenvalue weighted by molar-refractivity contribution is 7.92. The summed E-state index contributed by atoms with van der Waals surface area (Å²) in [5.74, 6) is 3.24. The van der Waals surface area contributed by atoms with E-state index in [9.17, 15) is 13.5 Å². The highest BCUT2D eigenvalue weighted by Crippen LogP contribution is 2.69. The van der Waals surface area contributed by atoms with Crippen LogP contribution in [0.25, 0.3) is 0 Å². The summed E-state index contributed by atoms with van der Waals surface area (Å²) in [6, 6.07) is 7.01. The van der Waals surface area contributed by atoms with E-state index < -0.39 is 26.8 Å². The van der Waals surface area contributed by atoms with Gasteiger partial charge in [-0.2, -0.15) is 13.9 Å². The first-order chi connectivity index (χ1) is 18.0. The standard InChI is InChI=1S/C30H34F2N2O3S/c1-3-30(31,32)29(35)15-14-26-24-12-6-19-16-20(34-33)7-13-23(19)27(24)25(17-28(26,29)2)18-4-8-21(9-5-18)38(36,37)22-10-11-22/h1,4-5,8-9,16,22,24-26,35H,6-7,10-15,17,33H2,2H3/b34-20+/t24-,25-,26-,28-,29-/m0/s1. The number of aliphatic hydroxyl groups is 1. The number of allylic oxidation sites excluding steroid dienone is 4. The number of nitrogens with zero attached hydrogens (tertiary/aromatic N) is 1. The highest BCUT2D eigenvalue weighted by atomic mass is 32.2. The lowest BCUT2D eigenvalue weighted by Crippen LogP contribution is -2.60. The summed E-state index contributed by atoms with van der Waals surface area (Å²) in [6.45, 7) is 1.79. The maximum absolute atomic E-state index is 15.2. The van der Waals surface area contributed by atoms with E-state index in [2.05, 4.69) is 11.2 Å². The fourth-order valence-corrected chi connectivity index (χ4v) is 9.83. The SMILES string of the molecule is C#CC(F)(F)[C@]1(O)CC[C@H]2[C@@H]3CCC4=C/C(=N/N)CCC4=C3[C@H](c3ccc(S(=O)(=O)C4CC4)cc3)C[C@@]21C. The number of nitrogens with two attached hydrogens (primary N) is 1. The van der Waals surface area contributed by atoms with Crippen LogP contribution in [0.5, 0.6) is 0 Å². The zero-order chi connectivity index (χ0) is 27.1. The molecular formula is C30H34F2N2O3S. The Morgan fingerprint density at radius 1 is 1.13 bits per heavy atom. The van der Waals surface area contributed by atoms with Gasteiger partial charge in [0.25, 0.3) is 0 Å². The van der Waals surface area contributed by atoms with Gasteiger partial charge in [-0.15, -0.1) is 6.42 Å². The summed E-state index contributed by atoms with van der Waals surface area (Å²) in [4.78, 5) is 0.305.